The number of hydrogen-bond donors (Lipinski definition) is 2. The summed E-state index contributed by atoms with van der Waals surface area (Å²) in [5, 5.41) is 13.4. The molecule has 7 nitrogen and oxygen atoms in total. The summed E-state index contributed by atoms with van der Waals surface area (Å²) in [5.74, 6) is -0.461. The van der Waals surface area contributed by atoms with Crippen LogP contribution >= 0.6 is 0 Å². The Morgan fingerprint density at radius 1 is 1.33 bits per heavy atom. The third-order valence-electron chi connectivity index (χ3n) is 7.51. The number of amides is 1. The Morgan fingerprint density at radius 3 is 2.67 bits per heavy atom. The van der Waals surface area contributed by atoms with Crippen LogP contribution in [-0.4, -0.2) is 65.6 Å². The predicted octanol–water partition coefficient (Wildman–Crippen LogP) is 1.93. The molecule has 0 bridgehead atoms. The van der Waals surface area contributed by atoms with Crippen molar-refractivity contribution in [3.63, 3.8) is 0 Å². The van der Waals surface area contributed by atoms with Gasteiger partial charge in [0.05, 0.1) is 28.6 Å². The van der Waals surface area contributed by atoms with E-state index in [2.05, 4.69) is 10.3 Å². The minimum atomic E-state index is -4.49. The van der Waals surface area contributed by atoms with Crippen LogP contribution in [0.3, 0.4) is 0 Å². The van der Waals surface area contributed by atoms with Crippen molar-refractivity contribution in [1.82, 2.24) is 15.2 Å². The van der Waals surface area contributed by atoms with E-state index in [0.717, 1.165) is 12.3 Å². The molecular weight excluding hydrogens is 459 g/mol. The van der Waals surface area contributed by atoms with Gasteiger partial charge in [0.2, 0.25) is 5.91 Å². The molecule has 33 heavy (non-hydrogen) atoms. The van der Waals surface area contributed by atoms with E-state index in [-0.39, 0.29) is 35.9 Å². The van der Waals surface area contributed by atoms with Crippen LogP contribution in [0, 0.1) is 11.3 Å². The normalized spacial score (nSPS) is 31.7. The molecule has 3 heterocycles. The fourth-order valence-corrected chi connectivity index (χ4v) is 7.30. The number of alkyl halides is 3. The maximum Gasteiger partial charge on any atom is 0.417 e. The topological polar surface area (TPSA) is 99.6 Å². The molecule has 1 amide bonds. The monoisotopic (exact) mass is 489 g/mol. The third-order valence-corrected chi connectivity index (χ3v) is 9.22. The zero-order chi connectivity index (χ0) is 24.2. The van der Waals surface area contributed by atoms with Gasteiger partial charge >= 0.3 is 6.18 Å². The molecule has 1 saturated heterocycles. The summed E-state index contributed by atoms with van der Waals surface area (Å²) in [5.41, 5.74) is -0.486. The number of carbonyl (C=O) groups is 1. The summed E-state index contributed by atoms with van der Waals surface area (Å²) < 4.78 is 63.0. The molecule has 1 aliphatic carbocycles. The Labute approximate surface area is 191 Å². The van der Waals surface area contributed by atoms with Gasteiger partial charge in [-0.2, -0.15) is 13.2 Å². The van der Waals surface area contributed by atoms with Crippen molar-refractivity contribution in [3.05, 3.63) is 29.1 Å². The molecule has 2 N–H and O–H groups in total. The van der Waals surface area contributed by atoms with Crippen LogP contribution < -0.4 is 5.32 Å². The van der Waals surface area contributed by atoms with E-state index in [1.807, 2.05) is 13.8 Å². The SMILES string of the molecule is CC(C)[C@]1(C(=O)N2CCc3ncc(C(F)(F)F)cc3C2)CCC(N[C@H]2CS(=O)(=O)C[C@@H]2O)C1. The van der Waals surface area contributed by atoms with Gasteiger partial charge in [0.15, 0.2) is 9.84 Å². The standard InChI is InChI=1S/C22H30F3N3O4S/c1-13(2)21(5-3-16(8-21)27-18-11-33(31,32)12-19(18)29)20(30)28-6-4-17-14(10-28)7-15(9-26-17)22(23,24)25/h7,9,13,16,18-19,27,29H,3-6,8,10-12H2,1-2H3/t16?,18-,19-,21-/m0/s1. The average Bonchev–Trinajstić information content (AvgIpc) is 3.26. The van der Waals surface area contributed by atoms with Gasteiger partial charge in [-0.05, 0) is 36.8 Å². The third kappa shape index (κ3) is 4.77. The van der Waals surface area contributed by atoms with E-state index in [0.29, 0.717) is 43.5 Å². The molecule has 2 aliphatic heterocycles. The van der Waals surface area contributed by atoms with Crippen LogP contribution in [-0.2, 0) is 33.8 Å². The fourth-order valence-electron chi connectivity index (χ4n) is 5.54. The van der Waals surface area contributed by atoms with Crippen molar-refractivity contribution in [1.29, 1.82) is 0 Å². The lowest BCUT2D eigenvalue weighted by molar-refractivity contribution is -0.146. The van der Waals surface area contributed by atoms with Crippen LogP contribution in [0.1, 0.15) is 49.9 Å². The van der Waals surface area contributed by atoms with E-state index in [9.17, 15) is 31.5 Å². The molecule has 11 heteroatoms. The number of rotatable bonds is 4. The van der Waals surface area contributed by atoms with Crippen molar-refractivity contribution in [3.8, 4) is 0 Å². The minimum absolute atomic E-state index is 0.00457. The first kappa shape index (κ1) is 24.4. The summed E-state index contributed by atoms with van der Waals surface area (Å²) in [6.45, 7) is 4.43. The first-order valence-electron chi connectivity index (χ1n) is 11.3. The van der Waals surface area contributed by atoms with Crippen molar-refractivity contribution < 1.29 is 31.5 Å². The lowest BCUT2D eigenvalue weighted by atomic mass is 9.74. The molecule has 184 valence electrons. The molecule has 0 radical (unpaired) electrons. The van der Waals surface area contributed by atoms with E-state index in [1.165, 1.54) is 0 Å². The molecule has 1 aromatic rings. The van der Waals surface area contributed by atoms with Crippen molar-refractivity contribution in [2.75, 3.05) is 18.1 Å². The highest BCUT2D eigenvalue weighted by molar-refractivity contribution is 7.91. The number of hydrogen-bond acceptors (Lipinski definition) is 6. The quantitative estimate of drug-likeness (QED) is 0.671. The number of nitrogens with zero attached hydrogens (tertiary/aromatic N) is 2. The second kappa shape index (κ2) is 8.49. The minimum Gasteiger partial charge on any atom is -0.390 e. The molecule has 3 aliphatic rings. The molecule has 4 atom stereocenters. The van der Waals surface area contributed by atoms with E-state index >= 15 is 0 Å². The number of sulfone groups is 1. The Morgan fingerprint density at radius 2 is 2.06 bits per heavy atom. The first-order valence-corrected chi connectivity index (χ1v) is 13.1. The maximum absolute atomic E-state index is 13.7. The highest BCUT2D eigenvalue weighted by Gasteiger charge is 2.50. The second-order valence-corrected chi connectivity index (χ2v) is 12.1. The summed E-state index contributed by atoms with van der Waals surface area (Å²) in [4.78, 5) is 19.3. The van der Waals surface area contributed by atoms with Crippen LogP contribution in [0.15, 0.2) is 12.3 Å². The Balaban J connectivity index is 1.49. The number of aliphatic hydroxyl groups excluding tert-OH is 1. The number of aromatic nitrogens is 1. The van der Waals surface area contributed by atoms with E-state index in [4.69, 9.17) is 0 Å². The number of halogens is 3. The van der Waals surface area contributed by atoms with Crippen LogP contribution in [0.4, 0.5) is 13.2 Å². The zero-order valence-electron chi connectivity index (χ0n) is 18.7. The molecule has 1 saturated carbocycles. The average molecular weight is 490 g/mol. The van der Waals surface area contributed by atoms with Gasteiger partial charge in [-0.15, -0.1) is 0 Å². The van der Waals surface area contributed by atoms with E-state index in [1.54, 1.807) is 4.90 Å². The lowest BCUT2D eigenvalue weighted by Crippen LogP contribution is -2.49. The molecule has 2 fully saturated rings. The smallest absolute Gasteiger partial charge is 0.390 e. The number of nitrogens with one attached hydrogen (secondary N) is 1. The number of aliphatic hydroxyl groups is 1. The van der Waals surface area contributed by atoms with Gasteiger partial charge < -0.3 is 15.3 Å². The van der Waals surface area contributed by atoms with Crippen LogP contribution in [0.25, 0.3) is 0 Å². The van der Waals surface area contributed by atoms with Crippen molar-refractivity contribution >= 4 is 15.7 Å². The Bertz CT molecular complexity index is 1030. The van der Waals surface area contributed by atoms with Gasteiger partial charge in [0, 0.05) is 43.5 Å². The molecule has 0 spiro atoms. The number of fused-ring (bicyclic) bond motifs is 1. The maximum atomic E-state index is 13.7. The molecular formula is C22H30F3N3O4S. The Hall–Kier alpha value is -1.72. The molecule has 1 aromatic heterocycles. The van der Waals surface area contributed by atoms with Gasteiger partial charge in [-0.1, -0.05) is 13.8 Å². The van der Waals surface area contributed by atoms with Crippen molar-refractivity contribution in [2.45, 2.75) is 70.4 Å². The Kier molecular flexibility index (Phi) is 6.28. The van der Waals surface area contributed by atoms with Gasteiger partial charge in [-0.3, -0.25) is 9.78 Å². The van der Waals surface area contributed by atoms with Crippen molar-refractivity contribution in [2.24, 2.45) is 11.3 Å². The van der Waals surface area contributed by atoms with Gasteiger partial charge in [0.1, 0.15) is 0 Å². The molecule has 0 aromatic carbocycles. The van der Waals surface area contributed by atoms with Gasteiger partial charge in [0.25, 0.3) is 0 Å². The molecule has 4 rings (SSSR count). The summed E-state index contributed by atoms with van der Waals surface area (Å²) in [7, 11) is -3.28. The predicted molar refractivity (Wildman–Crippen MR) is 115 cm³/mol. The highest BCUT2D eigenvalue weighted by Crippen LogP contribution is 2.47. The first-order chi connectivity index (χ1) is 15.3. The molecule has 1 unspecified atom stereocenters. The zero-order valence-corrected chi connectivity index (χ0v) is 19.5. The van der Waals surface area contributed by atoms with Crippen LogP contribution in [0.5, 0.6) is 0 Å². The highest BCUT2D eigenvalue weighted by atomic mass is 32.2. The van der Waals surface area contributed by atoms with E-state index < -0.39 is 39.1 Å². The second-order valence-electron chi connectivity index (χ2n) is 9.97. The summed E-state index contributed by atoms with van der Waals surface area (Å²) in [6, 6.07) is 0.428. The fraction of sp³-hybridized carbons (Fsp3) is 0.727. The largest absolute Gasteiger partial charge is 0.417 e. The van der Waals surface area contributed by atoms with Gasteiger partial charge in [-0.25, -0.2) is 8.42 Å². The van der Waals surface area contributed by atoms with Crippen LogP contribution in [0.2, 0.25) is 0 Å². The summed E-state index contributed by atoms with van der Waals surface area (Å²) >= 11 is 0. The lowest BCUT2D eigenvalue weighted by Gasteiger charge is -2.39. The summed E-state index contributed by atoms with van der Waals surface area (Å²) in [6.07, 6.45) is -2.45. The number of pyridine rings is 1. The number of carbonyl (C=O) groups excluding carboxylic acids is 1.